The van der Waals surface area contributed by atoms with Crippen molar-refractivity contribution in [1.29, 1.82) is 0 Å². The van der Waals surface area contributed by atoms with Crippen LogP contribution in [0.25, 0.3) is 5.76 Å². The zero-order valence-corrected chi connectivity index (χ0v) is 10.8. The summed E-state index contributed by atoms with van der Waals surface area (Å²) in [5.41, 5.74) is -0.565. The van der Waals surface area contributed by atoms with E-state index in [1.54, 1.807) is 18.2 Å². The average molecular weight is 283 g/mol. The predicted molar refractivity (Wildman–Crippen MR) is 68.5 cm³/mol. The zero-order chi connectivity index (χ0) is 14.4. The van der Waals surface area contributed by atoms with Crippen LogP contribution in [0.3, 0.4) is 0 Å². The van der Waals surface area contributed by atoms with E-state index in [-0.39, 0.29) is 12.2 Å². The number of ether oxygens (including phenoxy) is 1. The first kappa shape index (κ1) is 14.9. The molecule has 0 unspecified atom stereocenters. The lowest BCUT2D eigenvalue weighted by molar-refractivity contribution is -0.141. The van der Waals surface area contributed by atoms with Crippen LogP contribution in [0.15, 0.2) is 35.9 Å². The SMILES string of the molecule is CCOC(=O)/C(C(=O)C(=O)Cl)=C(\O)c1ccccc1. The highest BCUT2D eigenvalue weighted by Crippen LogP contribution is 2.18. The largest absolute Gasteiger partial charge is 0.506 e. The number of Topliss-reactive ketones (excluding diaryl/α,β-unsaturated/α-hetero) is 1. The number of aliphatic hydroxyl groups excluding tert-OH is 1. The molecular formula is C13H11ClO5. The molecule has 0 heterocycles. The number of carbonyl (C=O) groups excluding carboxylic acids is 3. The second kappa shape index (κ2) is 6.70. The number of esters is 1. The highest BCUT2D eigenvalue weighted by Gasteiger charge is 2.29. The molecule has 0 bridgehead atoms. The molecule has 6 heteroatoms. The molecule has 0 radical (unpaired) electrons. The lowest BCUT2D eigenvalue weighted by atomic mass is 10.1. The van der Waals surface area contributed by atoms with Crippen LogP contribution < -0.4 is 0 Å². The number of benzene rings is 1. The van der Waals surface area contributed by atoms with Crippen molar-refractivity contribution < 1.29 is 24.2 Å². The Bertz CT molecular complexity index is 533. The van der Waals surface area contributed by atoms with E-state index in [2.05, 4.69) is 4.74 Å². The van der Waals surface area contributed by atoms with Crippen molar-refractivity contribution in [3.63, 3.8) is 0 Å². The molecule has 0 aliphatic heterocycles. The van der Waals surface area contributed by atoms with Gasteiger partial charge in [0.25, 0.3) is 11.0 Å². The molecule has 0 aliphatic carbocycles. The third-order valence-electron chi connectivity index (χ3n) is 2.17. The van der Waals surface area contributed by atoms with Crippen LogP contribution in [0, 0.1) is 0 Å². The van der Waals surface area contributed by atoms with Crippen LogP contribution in [-0.2, 0) is 19.1 Å². The molecule has 19 heavy (non-hydrogen) atoms. The molecule has 1 rings (SSSR count). The van der Waals surface area contributed by atoms with Crippen LogP contribution in [0.4, 0.5) is 0 Å². The molecule has 0 atom stereocenters. The monoisotopic (exact) mass is 282 g/mol. The Balaban J connectivity index is 3.33. The number of carbonyl (C=O) groups is 3. The summed E-state index contributed by atoms with van der Waals surface area (Å²) < 4.78 is 4.63. The second-order valence-electron chi connectivity index (χ2n) is 3.41. The van der Waals surface area contributed by atoms with E-state index < -0.39 is 28.3 Å². The van der Waals surface area contributed by atoms with Crippen molar-refractivity contribution >= 4 is 34.4 Å². The van der Waals surface area contributed by atoms with Crippen LogP contribution in [0.1, 0.15) is 12.5 Å². The summed E-state index contributed by atoms with van der Waals surface area (Å²) in [6.45, 7) is 1.52. The fraction of sp³-hybridized carbons (Fsp3) is 0.154. The van der Waals surface area contributed by atoms with E-state index in [1.165, 1.54) is 19.1 Å². The molecule has 1 aromatic rings. The van der Waals surface area contributed by atoms with Crippen molar-refractivity contribution in [3.8, 4) is 0 Å². The predicted octanol–water partition coefficient (Wildman–Crippen LogP) is 1.85. The van der Waals surface area contributed by atoms with Gasteiger partial charge in [0.05, 0.1) is 6.61 Å². The highest BCUT2D eigenvalue weighted by atomic mass is 35.5. The third-order valence-corrected chi connectivity index (χ3v) is 2.34. The Morgan fingerprint density at radius 1 is 1.21 bits per heavy atom. The minimum absolute atomic E-state index is 0.00579. The molecule has 0 saturated heterocycles. The molecule has 0 aliphatic rings. The number of halogens is 1. The van der Waals surface area contributed by atoms with Crippen LogP contribution in [0.2, 0.25) is 0 Å². The number of ketones is 1. The minimum atomic E-state index is -1.37. The molecule has 0 amide bonds. The van der Waals surface area contributed by atoms with Gasteiger partial charge in [0, 0.05) is 5.56 Å². The van der Waals surface area contributed by atoms with Crippen LogP contribution in [-0.4, -0.2) is 28.7 Å². The quantitative estimate of drug-likeness (QED) is 0.170. The van der Waals surface area contributed by atoms with Gasteiger partial charge in [-0.3, -0.25) is 9.59 Å². The summed E-state index contributed by atoms with van der Waals surface area (Å²) >= 11 is 5.06. The van der Waals surface area contributed by atoms with Gasteiger partial charge < -0.3 is 9.84 Å². The summed E-state index contributed by atoms with van der Waals surface area (Å²) in [7, 11) is 0. The van der Waals surface area contributed by atoms with E-state index in [4.69, 9.17) is 11.6 Å². The van der Waals surface area contributed by atoms with Crippen LogP contribution >= 0.6 is 11.6 Å². The van der Waals surface area contributed by atoms with Gasteiger partial charge in [0.2, 0.25) is 0 Å². The van der Waals surface area contributed by atoms with Gasteiger partial charge in [-0.2, -0.15) is 0 Å². The molecule has 0 saturated carbocycles. The van der Waals surface area contributed by atoms with Crippen LogP contribution in [0.5, 0.6) is 0 Å². The topological polar surface area (TPSA) is 80.7 Å². The summed E-state index contributed by atoms with van der Waals surface area (Å²) in [5.74, 6) is -3.04. The van der Waals surface area contributed by atoms with Gasteiger partial charge in [-0.1, -0.05) is 30.3 Å². The lowest BCUT2D eigenvalue weighted by Gasteiger charge is -2.07. The van der Waals surface area contributed by atoms with Crippen molar-refractivity contribution in [3.05, 3.63) is 41.5 Å². The van der Waals surface area contributed by atoms with Crippen molar-refractivity contribution in [2.24, 2.45) is 0 Å². The molecule has 100 valence electrons. The minimum Gasteiger partial charge on any atom is -0.506 e. The first-order chi connectivity index (χ1) is 8.99. The van der Waals surface area contributed by atoms with Gasteiger partial charge in [-0.05, 0) is 18.5 Å². The number of hydrogen-bond donors (Lipinski definition) is 1. The van der Waals surface area contributed by atoms with Gasteiger partial charge in [0.15, 0.2) is 5.57 Å². The third kappa shape index (κ3) is 3.66. The maximum atomic E-state index is 11.6. The summed E-state index contributed by atoms with van der Waals surface area (Å²) in [4.78, 5) is 34.1. The van der Waals surface area contributed by atoms with Crippen molar-refractivity contribution in [2.45, 2.75) is 6.92 Å². The average Bonchev–Trinajstić information content (AvgIpc) is 2.40. The molecule has 1 aromatic carbocycles. The molecule has 0 fully saturated rings. The van der Waals surface area contributed by atoms with E-state index in [0.29, 0.717) is 0 Å². The van der Waals surface area contributed by atoms with Gasteiger partial charge in [-0.15, -0.1) is 0 Å². The van der Waals surface area contributed by atoms with Crippen molar-refractivity contribution in [2.75, 3.05) is 6.61 Å². The molecule has 0 aromatic heterocycles. The Morgan fingerprint density at radius 2 is 1.79 bits per heavy atom. The van der Waals surface area contributed by atoms with Gasteiger partial charge in [-0.25, -0.2) is 4.79 Å². The Hall–Kier alpha value is -2.14. The maximum Gasteiger partial charge on any atom is 0.346 e. The highest BCUT2D eigenvalue weighted by molar-refractivity contribution is 6.84. The normalized spacial score (nSPS) is 11.5. The number of hydrogen-bond acceptors (Lipinski definition) is 5. The van der Waals surface area contributed by atoms with E-state index in [1.807, 2.05) is 0 Å². The first-order valence-corrected chi connectivity index (χ1v) is 5.76. The summed E-state index contributed by atoms with van der Waals surface area (Å²) in [5, 5.41) is 8.57. The van der Waals surface area contributed by atoms with Gasteiger partial charge >= 0.3 is 5.97 Å². The maximum absolute atomic E-state index is 11.6. The molecule has 0 spiro atoms. The van der Waals surface area contributed by atoms with E-state index in [0.717, 1.165) is 0 Å². The van der Waals surface area contributed by atoms with Gasteiger partial charge in [0.1, 0.15) is 5.76 Å². The Labute approximate surface area is 114 Å². The lowest BCUT2D eigenvalue weighted by Crippen LogP contribution is -2.22. The Morgan fingerprint density at radius 3 is 2.26 bits per heavy atom. The summed E-state index contributed by atoms with van der Waals surface area (Å²) in [6, 6.07) is 7.83. The molecule has 5 nitrogen and oxygen atoms in total. The van der Waals surface area contributed by atoms with E-state index >= 15 is 0 Å². The van der Waals surface area contributed by atoms with Crippen molar-refractivity contribution in [1.82, 2.24) is 0 Å². The second-order valence-corrected chi connectivity index (χ2v) is 3.76. The first-order valence-electron chi connectivity index (χ1n) is 5.39. The fourth-order valence-electron chi connectivity index (χ4n) is 1.34. The fourth-order valence-corrected chi connectivity index (χ4v) is 1.43. The smallest absolute Gasteiger partial charge is 0.346 e. The number of aliphatic hydroxyl groups is 1. The number of rotatable bonds is 5. The summed E-state index contributed by atoms with van der Waals surface area (Å²) in [6.07, 6.45) is 0. The Kier molecular flexibility index (Phi) is 5.26. The van der Waals surface area contributed by atoms with E-state index in [9.17, 15) is 19.5 Å². The standard InChI is InChI=1S/C13H11ClO5/c1-2-19-13(18)9(11(16)12(14)17)10(15)8-6-4-3-5-7-8/h3-7,15H,2H2,1H3/b10-9-. The molecule has 1 N–H and O–H groups in total. The molecular weight excluding hydrogens is 272 g/mol. The zero-order valence-electron chi connectivity index (χ0n) is 10.1.